The summed E-state index contributed by atoms with van der Waals surface area (Å²) >= 11 is 0. The zero-order valence-corrected chi connectivity index (χ0v) is 15.9. The number of aliphatic carboxylic acids is 1. The zero-order chi connectivity index (χ0) is 20.9. The lowest BCUT2D eigenvalue weighted by molar-refractivity contribution is -0.192. The Balaban J connectivity index is 0.000000345. The maximum absolute atomic E-state index is 11.5. The largest absolute Gasteiger partial charge is 0.490 e. The van der Waals surface area contributed by atoms with E-state index in [4.69, 9.17) is 14.6 Å². The van der Waals surface area contributed by atoms with E-state index < -0.39 is 22.2 Å². The molecule has 8 nitrogen and oxygen atoms in total. The van der Waals surface area contributed by atoms with Gasteiger partial charge >= 0.3 is 12.1 Å². The molecule has 1 aromatic rings. The molecule has 2 N–H and O–H groups in total. The topological polar surface area (TPSA) is 109 Å². The predicted octanol–water partition coefficient (Wildman–Crippen LogP) is 0.996. The lowest BCUT2D eigenvalue weighted by Crippen LogP contribution is -2.47. The van der Waals surface area contributed by atoms with E-state index in [1.54, 1.807) is 6.20 Å². The van der Waals surface area contributed by atoms with Gasteiger partial charge in [-0.2, -0.15) is 13.2 Å². The van der Waals surface area contributed by atoms with E-state index in [1.165, 1.54) is 6.26 Å². The summed E-state index contributed by atoms with van der Waals surface area (Å²) in [5, 5.41) is 7.12. The number of aromatic nitrogens is 1. The van der Waals surface area contributed by atoms with Gasteiger partial charge in [-0.05, 0) is 24.5 Å². The monoisotopic (exact) mass is 425 g/mol. The number of nitrogens with zero attached hydrogens (tertiary/aromatic N) is 2. The van der Waals surface area contributed by atoms with Crippen molar-refractivity contribution in [1.29, 1.82) is 0 Å². The van der Waals surface area contributed by atoms with E-state index in [2.05, 4.69) is 14.6 Å². The first kappa shape index (κ1) is 22.5. The lowest BCUT2D eigenvalue weighted by Gasteiger charge is -2.32. The Kier molecular flexibility index (Phi) is 7.37. The maximum Gasteiger partial charge on any atom is 0.490 e. The summed E-state index contributed by atoms with van der Waals surface area (Å²) in [4.78, 5) is 15.3. The molecule has 0 saturated carbocycles. The number of likely N-dealkylation sites (tertiary alicyclic amines) is 1. The number of pyridine rings is 1. The van der Waals surface area contributed by atoms with Crippen molar-refractivity contribution in [2.45, 2.75) is 43.8 Å². The first-order valence-electron chi connectivity index (χ1n) is 8.49. The fourth-order valence-electron chi connectivity index (χ4n) is 3.34. The molecule has 2 aliphatic heterocycles. The molecule has 3 heterocycles. The molecule has 1 aromatic heterocycles. The zero-order valence-electron chi connectivity index (χ0n) is 15.1. The molecule has 28 heavy (non-hydrogen) atoms. The average molecular weight is 425 g/mol. The third kappa shape index (κ3) is 6.69. The summed E-state index contributed by atoms with van der Waals surface area (Å²) in [6, 6.07) is 4.08. The van der Waals surface area contributed by atoms with Crippen molar-refractivity contribution in [3.63, 3.8) is 0 Å². The van der Waals surface area contributed by atoms with Crippen molar-refractivity contribution < 1.29 is 36.2 Å². The predicted molar refractivity (Wildman–Crippen MR) is 92.9 cm³/mol. The summed E-state index contributed by atoms with van der Waals surface area (Å²) in [7, 11) is -3.22. The second kappa shape index (κ2) is 9.16. The van der Waals surface area contributed by atoms with E-state index in [-0.39, 0.29) is 18.2 Å². The van der Waals surface area contributed by atoms with E-state index in [0.717, 1.165) is 24.9 Å². The van der Waals surface area contributed by atoms with E-state index in [0.29, 0.717) is 13.2 Å². The fourth-order valence-corrected chi connectivity index (χ4v) is 4.10. The smallest absolute Gasteiger partial charge is 0.475 e. The average Bonchev–Trinajstić information content (AvgIpc) is 2.92. The number of carboxylic acids is 1. The van der Waals surface area contributed by atoms with Crippen molar-refractivity contribution in [2.75, 3.05) is 19.4 Å². The van der Waals surface area contributed by atoms with Gasteiger partial charge < -0.3 is 9.84 Å². The van der Waals surface area contributed by atoms with Crippen molar-refractivity contribution in [2.24, 2.45) is 0 Å². The molecule has 2 fully saturated rings. The highest BCUT2D eigenvalue weighted by atomic mass is 32.2. The maximum atomic E-state index is 11.5. The minimum absolute atomic E-state index is 0.0508. The molecular formula is C16H22F3N3O5S. The van der Waals surface area contributed by atoms with Crippen LogP contribution in [0.3, 0.4) is 0 Å². The summed E-state index contributed by atoms with van der Waals surface area (Å²) in [6.45, 7) is 2.17. The lowest BCUT2D eigenvalue weighted by atomic mass is 10.0. The van der Waals surface area contributed by atoms with Gasteiger partial charge in [0.2, 0.25) is 10.0 Å². The van der Waals surface area contributed by atoms with E-state index >= 15 is 0 Å². The molecule has 3 atom stereocenters. The van der Waals surface area contributed by atoms with Crippen LogP contribution in [-0.4, -0.2) is 73.1 Å². The highest BCUT2D eigenvalue weighted by molar-refractivity contribution is 7.88. The molecule has 3 rings (SSSR count). The van der Waals surface area contributed by atoms with Gasteiger partial charge in [-0.15, -0.1) is 0 Å². The quantitative estimate of drug-likeness (QED) is 0.741. The fraction of sp³-hybridized carbons (Fsp3) is 0.625. The van der Waals surface area contributed by atoms with E-state index in [1.807, 2.05) is 18.3 Å². The third-order valence-electron chi connectivity index (χ3n) is 4.35. The Morgan fingerprint density at radius 1 is 1.46 bits per heavy atom. The van der Waals surface area contributed by atoms with Gasteiger partial charge in [0.15, 0.2) is 0 Å². The Morgan fingerprint density at radius 3 is 2.68 bits per heavy atom. The van der Waals surface area contributed by atoms with Crippen molar-refractivity contribution in [3.05, 3.63) is 30.1 Å². The number of fused-ring (bicyclic) bond motifs is 1. The van der Waals surface area contributed by atoms with E-state index in [9.17, 15) is 21.6 Å². The Labute approximate surface area is 160 Å². The summed E-state index contributed by atoms with van der Waals surface area (Å²) in [5.41, 5.74) is 1.14. The number of ether oxygens (including phenoxy) is 1. The summed E-state index contributed by atoms with van der Waals surface area (Å²) < 4.78 is 63.4. The molecule has 2 aliphatic rings. The van der Waals surface area contributed by atoms with Gasteiger partial charge in [-0.3, -0.25) is 9.88 Å². The minimum Gasteiger partial charge on any atom is -0.475 e. The molecule has 158 valence electrons. The molecule has 0 radical (unpaired) electrons. The van der Waals surface area contributed by atoms with Crippen LogP contribution >= 0.6 is 0 Å². The minimum atomic E-state index is -5.08. The molecule has 0 aromatic carbocycles. The van der Waals surface area contributed by atoms with Crippen molar-refractivity contribution in [3.8, 4) is 0 Å². The van der Waals surface area contributed by atoms with Gasteiger partial charge in [0.1, 0.15) is 0 Å². The van der Waals surface area contributed by atoms with Crippen LogP contribution in [0, 0.1) is 0 Å². The van der Waals surface area contributed by atoms with Gasteiger partial charge in [-0.25, -0.2) is 17.9 Å². The molecule has 0 unspecified atom stereocenters. The number of carboxylic acid groups (broad SMARTS) is 1. The summed E-state index contributed by atoms with van der Waals surface area (Å²) in [5.74, 6) is -2.76. The van der Waals surface area contributed by atoms with Gasteiger partial charge in [0.25, 0.3) is 0 Å². The standard InChI is InChI=1S/C14H21N3O3S.C2HF3O2/c1-21(18,19)16-12-10-17(9-11-4-2-6-15-8-11)13-5-3-7-20-14(12)13;3-2(4,5)1(6)7/h2,4,6,8,12-14,16H,3,5,7,9-10H2,1H3;(H,6,7)/t12-,13+,14+;/m0./s1. The Bertz CT molecular complexity index is 761. The molecule has 0 spiro atoms. The Morgan fingerprint density at radius 2 is 2.14 bits per heavy atom. The first-order valence-corrected chi connectivity index (χ1v) is 10.4. The van der Waals surface area contributed by atoms with Crippen LogP contribution in [0.4, 0.5) is 13.2 Å². The number of sulfonamides is 1. The Hall–Kier alpha value is -1.76. The van der Waals surface area contributed by atoms with Crippen molar-refractivity contribution >= 4 is 16.0 Å². The van der Waals surface area contributed by atoms with Crippen molar-refractivity contribution in [1.82, 2.24) is 14.6 Å². The third-order valence-corrected chi connectivity index (χ3v) is 5.08. The second-order valence-electron chi connectivity index (χ2n) is 6.64. The SMILES string of the molecule is CS(=O)(=O)N[C@H]1CN(Cc2cccnc2)[C@@H]2CCCO[C@H]12.O=C(O)C(F)(F)F. The van der Waals surface area contributed by atoms with Crippen LogP contribution in [0.2, 0.25) is 0 Å². The first-order chi connectivity index (χ1) is 13.0. The highest BCUT2D eigenvalue weighted by Gasteiger charge is 2.44. The number of alkyl halides is 3. The van der Waals surface area contributed by atoms with Crippen LogP contribution in [0.5, 0.6) is 0 Å². The van der Waals surface area contributed by atoms with Gasteiger partial charge in [0, 0.05) is 38.1 Å². The van der Waals surface area contributed by atoms with Crippen LogP contribution in [0.15, 0.2) is 24.5 Å². The molecule has 2 saturated heterocycles. The van der Waals surface area contributed by atoms with Gasteiger partial charge in [-0.1, -0.05) is 6.07 Å². The number of carbonyl (C=O) groups is 1. The second-order valence-corrected chi connectivity index (χ2v) is 8.42. The van der Waals surface area contributed by atoms with Crippen LogP contribution in [-0.2, 0) is 26.1 Å². The summed E-state index contributed by atoms with van der Waals surface area (Å²) in [6.07, 6.45) is 1.76. The number of hydrogen-bond acceptors (Lipinski definition) is 6. The number of rotatable bonds is 4. The van der Waals surface area contributed by atoms with Crippen LogP contribution in [0.25, 0.3) is 0 Å². The molecule has 12 heteroatoms. The van der Waals surface area contributed by atoms with Crippen LogP contribution in [0.1, 0.15) is 18.4 Å². The van der Waals surface area contributed by atoms with Gasteiger partial charge in [0.05, 0.1) is 18.4 Å². The normalized spacial score (nSPS) is 25.5. The number of halogens is 3. The van der Waals surface area contributed by atoms with Crippen LogP contribution < -0.4 is 4.72 Å². The molecular weight excluding hydrogens is 403 g/mol. The highest BCUT2D eigenvalue weighted by Crippen LogP contribution is 2.30. The molecule has 0 aliphatic carbocycles. The molecule has 0 amide bonds. The number of nitrogens with one attached hydrogen (secondary N) is 1. The molecule has 0 bridgehead atoms. The number of hydrogen-bond donors (Lipinski definition) is 2.